The standard InChI is InChI=1S/C21H18F4N2O3S/c1-20(2,29)12-30-17-8-5-14(11-16(17)22)27-10-9-26-18(19(27)28)31-15-6-3-13(4-7-15)21(23,24)25/h3-11,29H,12H2,1-2H3. The molecule has 10 heteroatoms. The van der Waals surface area contributed by atoms with Crippen LogP contribution in [0, 0.1) is 5.82 Å². The van der Waals surface area contributed by atoms with E-state index in [0.717, 1.165) is 30.0 Å². The zero-order chi connectivity index (χ0) is 22.8. The Kier molecular flexibility index (Phi) is 6.42. The average Bonchev–Trinajstić information content (AvgIpc) is 2.68. The lowest BCUT2D eigenvalue weighted by Gasteiger charge is -2.18. The molecular weight excluding hydrogens is 436 g/mol. The van der Waals surface area contributed by atoms with Crippen molar-refractivity contribution in [1.29, 1.82) is 0 Å². The topological polar surface area (TPSA) is 64.3 Å². The van der Waals surface area contributed by atoms with Crippen molar-refractivity contribution in [2.75, 3.05) is 6.61 Å². The van der Waals surface area contributed by atoms with Gasteiger partial charge in [-0.1, -0.05) is 11.8 Å². The number of hydrogen-bond acceptors (Lipinski definition) is 5. The highest BCUT2D eigenvalue weighted by Gasteiger charge is 2.30. The van der Waals surface area contributed by atoms with Crippen LogP contribution in [-0.2, 0) is 6.18 Å². The van der Waals surface area contributed by atoms with Crippen LogP contribution in [0.1, 0.15) is 19.4 Å². The molecule has 1 N–H and O–H groups in total. The van der Waals surface area contributed by atoms with Gasteiger partial charge in [-0.05, 0) is 50.2 Å². The van der Waals surface area contributed by atoms with Gasteiger partial charge < -0.3 is 9.84 Å². The van der Waals surface area contributed by atoms with Crippen LogP contribution in [0.4, 0.5) is 17.6 Å². The molecule has 0 aliphatic heterocycles. The highest BCUT2D eigenvalue weighted by Crippen LogP contribution is 2.32. The van der Waals surface area contributed by atoms with Crippen LogP contribution < -0.4 is 10.3 Å². The Morgan fingerprint density at radius 1 is 1.13 bits per heavy atom. The Bertz CT molecular complexity index is 1120. The van der Waals surface area contributed by atoms with E-state index in [1.807, 2.05) is 0 Å². The Hall–Kier alpha value is -2.85. The number of benzene rings is 2. The number of nitrogens with zero attached hydrogens (tertiary/aromatic N) is 2. The molecule has 0 aliphatic rings. The van der Waals surface area contributed by atoms with Crippen LogP contribution in [0.15, 0.2) is 69.6 Å². The van der Waals surface area contributed by atoms with Gasteiger partial charge in [-0.2, -0.15) is 13.2 Å². The predicted molar refractivity (Wildman–Crippen MR) is 107 cm³/mol. The van der Waals surface area contributed by atoms with Gasteiger partial charge in [-0.3, -0.25) is 9.36 Å². The molecule has 0 aliphatic carbocycles. The number of hydrogen-bond donors (Lipinski definition) is 1. The molecule has 0 fully saturated rings. The molecule has 3 rings (SSSR count). The van der Waals surface area contributed by atoms with Gasteiger partial charge in [0.15, 0.2) is 16.6 Å². The SMILES string of the molecule is CC(C)(O)COc1ccc(-n2ccnc(Sc3ccc(C(F)(F)F)cc3)c2=O)cc1F. The fourth-order valence-electron chi connectivity index (χ4n) is 2.50. The molecule has 3 aromatic rings. The molecule has 0 amide bonds. The zero-order valence-electron chi connectivity index (χ0n) is 16.5. The van der Waals surface area contributed by atoms with E-state index >= 15 is 0 Å². The van der Waals surface area contributed by atoms with Gasteiger partial charge >= 0.3 is 6.18 Å². The third kappa shape index (κ3) is 5.86. The maximum atomic E-state index is 14.4. The van der Waals surface area contributed by atoms with Crippen LogP contribution in [0.5, 0.6) is 5.75 Å². The quantitative estimate of drug-likeness (QED) is 0.548. The summed E-state index contributed by atoms with van der Waals surface area (Å²) in [7, 11) is 0. The van der Waals surface area contributed by atoms with Crippen LogP contribution in [0.2, 0.25) is 0 Å². The Balaban J connectivity index is 1.84. The first-order chi connectivity index (χ1) is 14.4. The Labute approximate surface area is 179 Å². The third-order valence-electron chi connectivity index (χ3n) is 3.98. The third-order valence-corrected chi connectivity index (χ3v) is 4.96. The van der Waals surface area contributed by atoms with Gasteiger partial charge in [0.1, 0.15) is 6.61 Å². The molecule has 31 heavy (non-hydrogen) atoms. The molecular formula is C21H18F4N2O3S. The molecule has 0 radical (unpaired) electrons. The number of ether oxygens (including phenoxy) is 1. The summed E-state index contributed by atoms with van der Waals surface area (Å²) in [5.74, 6) is -0.797. The first-order valence-corrected chi connectivity index (χ1v) is 9.83. The summed E-state index contributed by atoms with van der Waals surface area (Å²) in [6.07, 6.45) is -1.76. The molecule has 0 atom stereocenters. The minimum atomic E-state index is -4.45. The molecule has 0 bridgehead atoms. The van der Waals surface area contributed by atoms with Crippen molar-refractivity contribution in [3.63, 3.8) is 0 Å². The highest BCUT2D eigenvalue weighted by molar-refractivity contribution is 7.99. The van der Waals surface area contributed by atoms with Crippen molar-refractivity contribution in [2.24, 2.45) is 0 Å². The fourth-order valence-corrected chi connectivity index (χ4v) is 3.30. The molecule has 164 valence electrons. The van der Waals surface area contributed by atoms with Gasteiger partial charge in [0, 0.05) is 23.4 Å². The number of alkyl halides is 3. The van der Waals surface area contributed by atoms with Crippen LogP contribution >= 0.6 is 11.8 Å². The maximum Gasteiger partial charge on any atom is 0.416 e. The van der Waals surface area contributed by atoms with E-state index < -0.39 is 28.7 Å². The van der Waals surface area contributed by atoms with E-state index in [2.05, 4.69) is 4.98 Å². The number of rotatable bonds is 6. The molecule has 0 spiro atoms. The van der Waals surface area contributed by atoms with E-state index in [4.69, 9.17) is 4.74 Å². The molecule has 5 nitrogen and oxygen atoms in total. The first-order valence-electron chi connectivity index (χ1n) is 9.02. The molecule has 0 unspecified atom stereocenters. The van der Waals surface area contributed by atoms with E-state index in [1.54, 1.807) is 0 Å². The summed E-state index contributed by atoms with van der Waals surface area (Å²) in [6, 6.07) is 8.26. The first kappa shape index (κ1) is 22.8. The molecule has 1 aromatic heterocycles. The summed E-state index contributed by atoms with van der Waals surface area (Å²) in [5.41, 5.74) is -2.28. The van der Waals surface area contributed by atoms with Crippen molar-refractivity contribution in [2.45, 2.75) is 35.5 Å². The lowest BCUT2D eigenvalue weighted by molar-refractivity contribution is -0.137. The maximum absolute atomic E-state index is 14.4. The number of aliphatic hydroxyl groups is 1. The van der Waals surface area contributed by atoms with Gasteiger partial charge in [-0.25, -0.2) is 9.37 Å². The van der Waals surface area contributed by atoms with Gasteiger partial charge in [0.2, 0.25) is 0 Å². The van der Waals surface area contributed by atoms with Crippen molar-refractivity contribution in [3.05, 3.63) is 76.6 Å². The minimum Gasteiger partial charge on any atom is -0.488 e. The van der Waals surface area contributed by atoms with Gasteiger partial charge in [-0.15, -0.1) is 0 Å². The van der Waals surface area contributed by atoms with E-state index in [9.17, 15) is 27.5 Å². The summed E-state index contributed by atoms with van der Waals surface area (Å²) in [4.78, 5) is 17.2. The Morgan fingerprint density at radius 2 is 1.81 bits per heavy atom. The van der Waals surface area contributed by atoms with E-state index in [0.29, 0.717) is 4.90 Å². The normalized spacial score (nSPS) is 12.1. The minimum absolute atomic E-state index is 0.0185. The van der Waals surface area contributed by atoms with Crippen molar-refractivity contribution in [1.82, 2.24) is 9.55 Å². The van der Waals surface area contributed by atoms with Crippen molar-refractivity contribution >= 4 is 11.8 Å². The monoisotopic (exact) mass is 454 g/mol. The summed E-state index contributed by atoms with van der Waals surface area (Å²) in [5, 5.41) is 9.71. The van der Waals surface area contributed by atoms with Gasteiger partial charge in [0.25, 0.3) is 5.56 Å². The molecule has 2 aromatic carbocycles. The number of aromatic nitrogens is 2. The second kappa shape index (κ2) is 8.72. The molecule has 0 saturated heterocycles. The second-order valence-electron chi connectivity index (χ2n) is 7.25. The Morgan fingerprint density at radius 3 is 2.39 bits per heavy atom. The second-order valence-corrected chi connectivity index (χ2v) is 8.31. The zero-order valence-corrected chi connectivity index (χ0v) is 17.3. The van der Waals surface area contributed by atoms with Crippen LogP contribution in [-0.4, -0.2) is 26.9 Å². The lowest BCUT2D eigenvalue weighted by Crippen LogP contribution is -2.28. The lowest BCUT2D eigenvalue weighted by atomic mass is 10.2. The predicted octanol–water partition coefficient (Wildman–Crippen LogP) is 4.69. The summed E-state index contributed by atoms with van der Waals surface area (Å²) < 4.78 is 58.9. The summed E-state index contributed by atoms with van der Waals surface area (Å²) >= 11 is 0.903. The molecule has 0 saturated carbocycles. The molecule has 1 heterocycles. The van der Waals surface area contributed by atoms with Crippen LogP contribution in [0.25, 0.3) is 5.69 Å². The van der Waals surface area contributed by atoms with Gasteiger partial charge in [0.05, 0.1) is 16.9 Å². The van der Waals surface area contributed by atoms with E-state index in [1.165, 1.54) is 55.1 Å². The highest BCUT2D eigenvalue weighted by atomic mass is 32.2. The average molecular weight is 454 g/mol. The smallest absolute Gasteiger partial charge is 0.416 e. The van der Waals surface area contributed by atoms with Crippen LogP contribution in [0.3, 0.4) is 0 Å². The van der Waals surface area contributed by atoms with Crippen molar-refractivity contribution < 1.29 is 27.4 Å². The van der Waals surface area contributed by atoms with Crippen molar-refractivity contribution in [3.8, 4) is 11.4 Å². The largest absolute Gasteiger partial charge is 0.488 e. The summed E-state index contributed by atoms with van der Waals surface area (Å²) in [6.45, 7) is 2.92. The number of halogens is 4. The fraction of sp³-hybridized carbons (Fsp3) is 0.238. The van der Waals surface area contributed by atoms with E-state index in [-0.39, 0.29) is 23.1 Å².